The molecule has 0 atom stereocenters. The van der Waals surface area contributed by atoms with Gasteiger partial charge in [-0.25, -0.2) is 4.85 Å². The minimum atomic E-state index is -0.0101. The minimum absolute atomic E-state index is 0.0101. The molecule has 0 saturated carbocycles. The first-order valence-corrected chi connectivity index (χ1v) is 12.4. The van der Waals surface area contributed by atoms with Gasteiger partial charge in [0.25, 0.3) is 5.91 Å². The summed E-state index contributed by atoms with van der Waals surface area (Å²) in [7, 11) is 1.92. The van der Waals surface area contributed by atoms with E-state index in [4.69, 9.17) is 11.3 Å². The zero-order valence-electron chi connectivity index (χ0n) is 21.7. The van der Waals surface area contributed by atoms with Gasteiger partial charge in [0.15, 0.2) is 0 Å². The normalized spacial score (nSPS) is 12.9. The number of benzene rings is 1. The van der Waals surface area contributed by atoms with E-state index in [-0.39, 0.29) is 5.91 Å². The van der Waals surface area contributed by atoms with Gasteiger partial charge in [-0.3, -0.25) is 14.5 Å². The lowest BCUT2D eigenvalue weighted by Crippen LogP contribution is -2.37. The van der Waals surface area contributed by atoms with E-state index >= 15 is 0 Å². The van der Waals surface area contributed by atoms with Crippen LogP contribution in [0.4, 0.5) is 5.69 Å². The van der Waals surface area contributed by atoms with Crippen LogP contribution < -0.4 is 4.74 Å². The van der Waals surface area contributed by atoms with Crippen LogP contribution in [-0.4, -0.2) is 43.3 Å². The fourth-order valence-electron chi connectivity index (χ4n) is 5.04. The number of rotatable bonds is 7. The molecule has 1 amide bonds. The molecule has 0 spiro atoms. The average molecular weight is 495 g/mol. The number of carbonyl (C=O) groups excluding carboxylic acids is 1. The number of hydrogen-bond donors (Lipinski definition) is 0. The standard InChI is InChI=1S/C29H30N6O2/c1-6-37-28-14-22(31-15-27(28)30-4)17-35-11-9-23-24(26-18-33(5)32-20(26)3)12-21(13-25(23)29(35)36)16-34-10-7-8-19(34)2/h7-8,10,12-15,18H,6,9,11,16-17H2,1-3,5H3. The third-order valence-corrected chi connectivity index (χ3v) is 6.85. The topological polar surface area (TPSA) is 69.5 Å². The van der Waals surface area contributed by atoms with Gasteiger partial charge in [0.1, 0.15) is 5.75 Å². The van der Waals surface area contributed by atoms with E-state index in [1.807, 2.05) is 48.8 Å². The highest BCUT2D eigenvalue weighted by molar-refractivity contribution is 5.99. The lowest BCUT2D eigenvalue weighted by molar-refractivity contribution is 0.0724. The summed E-state index contributed by atoms with van der Waals surface area (Å²) in [5, 5.41) is 4.56. The van der Waals surface area contributed by atoms with Gasteiger partial charge in [-0.2, -0.15) is 5.10 Å². The van der Waals surface area contributed by atoms with Crippen LogP contribution in [0.15, 0.2) is 48.9 Å². The van der Waals surface area contributed by atoms with E-state index < -0.39 is 0 Å². The maximum absolute atomic E-state index is 13.8. The molecule has 4 aromatic rings. The summed E-state index contributed by atoms with van der Waals surface area (Å²) >= 11 is 0. The third kappa shape index (κ3) is 4.73. The Kier molecular flexibility index (Phi) is 6.53. The summed E-state index contributed by atoms with van der Waals surface area (Å²) in [6.07, 6.45) is 6.36. The summed E-state index contributed by atoms with van der Waals surface area (Å²) in [6, 6.07) is 10.1. The van der Waals surface area contributed by atoms with Crippen molar-refractivity contribution in [2.45, 2.75) is 40.3 Å². The molecule has 1 aliphatic rings. The van der Waals surface area contributed by atoms with Crippen LogP contribution in [0.1, 0.15) is 45.5 Å². The summed E-state index contributed by atoms with van der Waals surface area (Å²) in [6.45, 7) is 15.4. The Morgan fingerprint density at radius 3 is 2.62 bits per heavy atom. The predicted molar refractivity (Wildman–Crippen MR) is 142 cm³/mol. The van der Waals surface area contributed by atoms with Crippen molar-refractivity contribution < 1.29 is 9.53 Å². The Bertz CT molecular complexity index is 1520. The third-order valence-electron chi connectivity index (χ3n) is 6.85. The fourth-order valence-corrected chi connectivity index (χ4v) is 5.04. The molecule has 37 heavy (non-hydrogen) atoms. The molecule has 3 aromatic heterocycles. The number of ether oxygens (including phenoxy) is 1. The van der Waals surface area contributed by atoms with E-state index in [1.165, 1.54) is 11.9 Å². The molecular weight excluding hydrogens is 464 g/mol. The molecule has 0 saturated heterocycles. The van der Waals surface area contributed by atoms with Crippen molar-refractivity contribution in [3.05, 3.63) is 94.1 Å². The van der Waals surface area contributed by atoms with E-state index in [0.29, 0.717) is 43.4 Å². The van der Waals surface area contributed by atoms with Crippen LogP contribution in [0.2, 0.25) is 0 Å². The van der Waals surface area contributed by atoms with Gasteiger partial charge < -0.3 is 14.2 Å². The lowest BCUT2D eigenvalue weighted by atomic mass is 9.88. The second-order valence-corrected chi connectivity index (χ2v) is 9.41. The smallest absolute Gasteiger partial charge is 0.254 e. The predicted octanol–water partition coefficient (Wildman–Crippen LogP) is 5.10. The first-order chi connectivity index (χ1) is 17.9. The first kappa shape index (κ1) is 24.3. The SMILES string of the molecule is [C-]#[N+]c1cnc(CN2CCc3c(cc(Cn4cccc4C)cc3-c3cn(C)nc3C)C2=O)cc1OCC. The molecule has 0 radical (unpaired) electrons. The highest BCUT2D eigenvalue weighted by Gasteiger charge is 2.29. The summed E-state index contributed by atoms with van der Waals surface area (Å²) in [4.78, 5) is 23.6. The fraction of sp³-hybridized carbons (Fsp3) is 0.310. The maximum atomic E-state index is 13.8. The molecule has 0 unspecified atom stereocenters. The van der Waals surface area contributed by atoms with E-state index in [0.717, 1.165) is 39.9 Å². The monoisotopic (exact) mass is 494 g/mol. The summed E-state index contributed by atoms with van der Waals surface area (Å²) in [5.74, 6) is 0.496. The number of aromatic nitrogens is 4. The molecule has 188 valence electrons. The Hall–Kier alpha value is -4.38. The number of aryl methyl sites for hydroxylation is 3. The van der Waals surface area contributed by atoms with Crippen LogP contribution >= 0.6 is 0 Å². The number of fused-ring (bicyclic) bond motifs is 1. The largest absolute Gasteiger partial charge is 0.505 e. The van der Waals surface area contributed by atoms with Gasteiger partial charge in [0, 0.05) is 55.5 Å². The number of pyridine rings is 1. The Labute approximate surface area is 216 Å². The molecule has 1 aliphatic heterocycles. The van der Waals surface area contributed by atoms with Gasteiger partial charge in [-0.05, 0) is 74.2 Å². The molecule has 1 aromatic carbocycles. The van der Waals surface area contributed by atoms with Crippen molar-refractivity contribution in [1.29, 1.82) is 0 Å². The van der Waals surface area contributed by atoms with E-state index in [9.17, 15) is 4.79 Å². The van der Waals surface area contributed by atoms with Crippen molar-refractivity contribution >= 4 is 11.6 Å². The first-order valence-electron chi connectivity index (χ1n) is 12.4. The highest BCUT2D eigenvalue weighted by Crippen LogP contribution is 2.35. The molecule has 4 heterocycles. The van der Waals surface area contributed by atoms with Gasteiger partial charge in [0.05, 0.1) is 31.1 Å². The van der Waals surface area contributed by atoms with Crippen LogP contribution in [0.25, 0.3) is 16.0 Å². The molecule has 0 N–H and O–H groups in total. The van der Waals surface area contributed by atoms with Gasteiger partial charge in [0.2, 0.25) is 5.69 Å². The zero-order valence-corrected chi connectivity index (χ0v) is 21.7. The van der Waals surface area contributed by atoms with Gasteiger partial charge in [-0.1, -0.05) is 0 Å². The zero-order chi connectivity index (χ0) is 26.1. The van der Waals surface area contributed by atoms with Crippen LogP contribution in [0.3, 0.4) is 0 Å². The minimum Gasteiger partial charge on any atom is -0.505 e. The molecule has 8 nitrogen and oxygen atoms in total. The van der Waals surface area contributed by atoms with Crippen LogP contribution in [-0.2, 0) is 26.6 Å². The van der Waals surface area contributed by atoms with E-state index in [1.54, 1.807) is 6.07 Å². The number of carbonyl (C=O) groups is 1. The van der Waals surface area contributed by atoms with Crippen LogP contribution in [0, 0.1) is 20.4 Å². The molecule has 0 bridgehead atoms. The number of nitrogens with zero attached hydrogens (tertiary/aromatic N) is 6. The molecule has 0 aliphatic carbocycles. The lowest BCUT2D eigenvalue weighted by Gasteiger charge is -2.30. The van der Waals surface area contributed by atoms with Crippen LogP contribution in [0.5, 0.6) is 5.75 Å². The molecule has 0 fully saturated rings. The van der Waals surface area contributed by atoms with Crippen molar-refractivity contribution in [1.82, 2.24) is 24.2 Å². The highest BCUT2D eigenvalue weighted by atomic mass is 16.5. The van der Waals surface area contributed by atoms with Crippen molar-refractivity contribution in [3.8, 4) is 16.9 Å². The van der Waals surface area contributed by atoms with Gasteiger partial charge >= 0.3 is 0 Å². The second-order valence-electron chi connectivity index (χ2n) is 9.41. The molecular formula is C29H30N6O2. The van der Waals surface area contributed by atoms with Gasteiger partial charge in [-0.15, -0.1) is 0 Å². The molecule has 8 heteroatoms. The second kappa shape index (κ2) is 9.94. The quantitative estimate of drug-likeness (QED) is 0.335. The van der Waals surface area contributed by atoms with Crippen molar-refractivity contribution in [3.63, 3.8) is 0 Å². The van der Waals surface area contributed by atoms with Crippen molar-refractivity contribution in [2.24, 2.45) is 7.05 Å². The van der Waals surface area contributed by atoms with E-state index in [2.05, 4.69) is 44.7 Å². The number of amides is 1. The molecule has 5 rings (SSSR count). The Balaban J connectivity index is 1.53. The average Bonchev–Trinajstić information content (AvgIpc) is 3.44. The summed E-state index contributed by atoms with van der Waals surface area (Å²) in [5.41, 5.74) is 8.21. The Morgan fingerprint density at radius 2 is 1.95 bits per heavy atom. The van der Waals surface area contributed by atoms with Crippen molar-refractivity contribution in [2.75, 3.05) is 13.2 Å². The maximum Gasteiger partial charge on any atom is 0.254 e. The Morgan fingerprint density at radius 1 is 1.14 bits per heavy atom. The number of hydrogen-bond acceptors (Lipinski definition) is 4. The summed E-state index contributed by atoms with van der Waals surface area (Å²) < 4.78 is 9.64.